The standard InChI is InChI=1S/C17H27NO2/c1-5-7-8-14(6-2)17(3,4)20-16(19)13-9-11-15(18)12-10-13/h9-12,14H,5-8,18H2,1-4H3. The minimum atomic E-state index is -0.442. The van der Waals surface area contributed by atoms with Crippen LogP contribution >= 0.6 is 0 Å². The molecule has 1 aromatic carbocycles. The zero-order valence-electron chi connectivity index (χ0n) is 13.1. The number of hydrogen-bond donors (Lipinski definition) is 1. The van der Waals surface area contributed by atoms with Crippen LogP contribution in [0.4, 0.5) is 5.69 Å². The highest BCUT2D eigenvalue weighted by atomic mass is 16.6. The summed E-state index contributed by atoms with van der Waals surface area (Å²) in [4.78, 5) is 12.2. The second kappa shape index (κ2) is 7.32. The predicted molar refractivity (Wildman–Crippen MR) is 83.7 cm³/mol. The fourth-order valence-electron chi connectivity index (χ4n) is 2.49. The molecular formula is C17H27NO2. The first-order valence-electron chi connectivity index (χ1n) is 7.49. The van der Waals surface area contributed by atoms with Crippen molar-refractivity contribution in [2.45, 2.75) is 59.0 Å². The average Bonchev–Trinajstić information content (AvgIpc) is 2.39. The summed E-state index contributed by atoms with van der Waals surface area (Å²) in [7, 11) is 0. The van der Waals surface area contributed by atoms with Gasteiger partial charge in [0, 0.05) is 5.69 Å². The van der Waals surface area contributed by atoms with E-state index in [0.717, 1.165) is 12.8 Å². The van der Waals surface area contributed by atoms with Gasteiger partial charge < -0.3 is 10.5 Å². The molecule has 0 aliphatic rings. The SMILES string of the molecule is CCCCC(CC)C(C)(C)OC(=O)c1ccc(N)cc1. The Kier molecular flexibility index (Phi) is 6.05. The molecule has 0 aliphatic heterocycles. The van der Waals surface area contributed by atoms with Crippen LogP contribution in [0.2, 0.25) is 0 Å². The largest absolute Gasteiger partial charge is 0.456 e. The predicted octanol–water partition coefficient (Wildman–Crippen LogP) is 4.42. The van der Waals surface area contributed by atoms with Gasteiger partial charge in [-0.15, -0.1) is 0 Å². The van der Waals surface area contributed by atoms with E-state index in [4.69, 9.17) is 10.5 Å². The van der Waals surface area contributed by atoms with Gasteiger partial charge in [0.2, 0.25) is 0 Å². The summed E-state index contributed by atoms with van der Waals surface area (Å²) in [6, 6.07) is 6.86. The summed E-state index contributed by atoms with van der Waals surface area (Å²) < 4.78 is 5.73. The van der Waals surface area contributed by atoms with E-state index in [1.165, 1.54) is 12.8 Å². The van der Waals surface area contributed by atoms with Gasteiger partial charge in [-0.2, -0.15) is 0 Å². The van der Waals surface area contributed by atoms with Gasteiger partial charge in [-0.05, 0) is 56.9 Å². The van der Waals surface area contributed by atoms with Crippen molar-refractivity contribution in [3.05, 3.63) is 29.8 Å². The van der Waals surface area contributed by atoms with E-state index in [0.29, 0.717) is 17.2 Å². The van der Waals surface area contributed by atoms with Gasteiger partial charge in [-0.3, -0.25) is 0 Å². The Hall–Kier alpha value is -1.51. The smallest absolute Gasteiger partial charge is 0.338 e. The van der Waals surface area contributed by atoms with Crippen LogP contribution in [0.15, 0.2) is 24.3 Å². The number of nitrogens with two attached hydrogens (primary N) is 1. The van der Waals surface area contributed by atoms with Crippen LogP contribution < -0.4 is 5.73 Å². The number of benzene rings is 1. The summed E-state index contributed by atoms with van der Waals surface area (Å²) in [6.07, 6.45) is 4.44. The molecular weight excluding hydrogens is 250 g/mol. The first-order valence-corrected chi connectivity index (χ1v) is 7.49. The van der Waals surface area contributed by atoms with E-state index < -0.39 is 5.60 Å². The van der Waals surface area contributed by atoms with Crippen molar-refractivity contribution in [1.29, 1.82) is 0 Å². The lowest BCUT2D eigenvalue weighted by Gasteiger charge is -2.33. The molecule has 1 unspecified atom stereocenters. The molecule has 0 spiro atoms. The Bertz CT molecular complexity index is 423. The fraction of sp³-hybridized carbons (Fsp3) is 0.588. The number of carbonyl (C=O) groups excluding carboxylic acids is 1. The number of rotatable bonds is 7. The number of nitrogen functional groups attached to an aromatic ring is 1. The molecule has 0 aromatic heterocycles. The third kappa shape index (κ3) is 4.55. The molecule has 0 heterocycles. The van der Waals surface area contributed by atoms with Gasteiger partial charge in [0.15, 0.2) is 0 Å². The van der Waals surface area contributed by atoms with Crippen molar-refractivity contribution in [2.24, 2.45) is 5.92 Å². The molecule has 20 heavy (non-hydrogen) atoms. The average molecular weight is 277 g/mol. The third-order valence-corrected chi connectivity index (χ3v) is 3.88. The lowest BCUT2D eigenvalue weighted by Crippen LogP contribution is -2.36. The first-order chi connectivity index (χ1) is 9.40. The van der Waals surface area contributed by atoms with Crippen molar-refractivity contribution in [3.63, 3.8) is 0 Å². The van der Waals surface area contributed by atoms with E-state index in [1.807, 2.05) is 13.8 Å². The van der Waals surface area contributed by atoms with E-state index >= 15 is 0 Å². The summed E-state index contributed by atoms with van der Waals surface area (Å²) in [5.41, 5.74) is 6.39. The lowest BCUT2D eigenvalue weighted by molar-refractivity contribution is -0.0333. The number of ether oxygens (including phenoxy) is 1. The molecule has 112 valence electrons. The zero-order valence-corrected chi connectivity index (χ0v) is 13.1. The first kappa shape index (κ1) is 16.5. The minimum absolute atomic E-state index is 0.273. The van der Waals surface area contributed by atoms with Gasteiger partial charge in [0.25, 0.3) is 0 Å². The van der Waals surface area contributed by atoms with Crippen molar-refractivity contribution >= 4 is 11.7 Å². The monoisotopic (exact) mass is 277 g/mol. The zero-order chi connectivity index (χ0) is 15.2. The highest BCUT2D eigenvalue weighted by Gasteiger charge is 2.31. The number of carbonyl (C=O) groups is 1. The highest BCUT2D eigenvalue weighted by Crippen LogP contribution is 2.30. The Morgan fingerprint density at radius 1 is 1.25 bits per heavy atom. The van der Waals surface area contributed by atoms with Crippen LogP contribution in [0.5, 0.6) is 0 Å². The van der Waals surface area contributed by atoms with Crippen LogP contribution in [0.25, 0.3) is 0 Å². The highest BCUT2D eigenvalue weighted by molar-refractivity contribution is 5.90. The molecule has 0 saturated heterocycles. The van der Waals surface area contributed by atoms with Crippen molar-refractivity contribution in [2.75, 3.05) is 5.73 Å². The van der Waals surface area contributed by atoms with Gasteiger partial charge in [0.1, 0.15) is 5.60 Å². The summed E-state index contributed by atoms with van der Waals surface area (Å²) in [6.45, 7) is 8.34. The van der Waals surface area contributed by atoms with Crippen molar-refractivity contribution < 1.29 is 9.53 Å². The van der Waals surface area contributed by atoms with Crippen LogP contribution in [0.3, 0.4) is 0 Å². The second-order valence-electron chi connectivity index (χ2n) is 5.86. The molecule has 0 radical (unpaired) electrons. The molecule has 3 nitrogen and oxygen atoms in total. The van der Waals surface area contributed by atoms with Gasteiger partial charge in [-0.1, -0.05) is 26.7 Å². The third-order valence-electron chi connectivity index (χ3n) is 3.88. The Labute approximate surface area is 122 Å². The summed E-state index contributed by atoms with van der Waals surface area (Å²) in [5, 5.41) is 0. The van der Waals surface area contributed by atoms with Gasteiger partial charge in [0.05, 0.1) is 5.56 Å². The second-order valence-corrected chi connectivity index (χ2v) is 5.86. The van der Waals surface area contributed by atoms with Crippen molar-refractivity contribution in [1.82, 2.24) is 0 Å². The number of hydrogen-bond acceptors (Lipinski definition) is 3. The van der Waals surface area contributed by atoms with Gasteiger partial charge in [-0.25, -0.2) is 4.79 Å². The molecule has 1 rings (SSSR count). The minimum Gasteiger partial charge on any atom is -0.456 e. The maximum Gasteiger partial charge on any atom is 0.338 e. The lowest BCUT2D eigenvalue weighted by atomic mass is 9.84. The molecule has 1 atom stereocenters. The quantitative estimate of drug-likeness (QED) is 0.593. The molecule has 0 fully saturated rings. The Balaban J connectivity index is 2.72. The van der Waals surface area contributed by atoms with Crippen LogP contribution in [0.1, 0.15) is 63.7 Å². The molecule has 2 N–H and O–H groups in total. The molecule has 0 amide bonds. The fourth-order valence-corrected chi connectivity index (χ4v) is 2.49. The molecule has 0 aliphatic carbocycles. The van der Waals surface area contributed by atoms with E-state index in [2.05, 4.69) is 13.8 Å². The number of anilines is 1. The molecule has 1 aromatic rings. The number of unbranched alkanes of at least 4 members (excludes halogenated alkanes) is 1. The Morgan fingerprint density at radius 3 is 2.35 bits per heavy atom. The van der Waals surface area contributed by atoms with Crippen molar-refractivity contribution in [3.8, 4) is 0 Å². The van der Waals surface area contributed by atoms with E-state index in [1.54, 1.807) is 24.3 Å². The molecule has 0 saturated carbocycles. The summed E-state index contributed by atoms with van der Waals surface area (Å²) in [5.74, 6) is 0.116. The normalized spacial score (nSPS) is 13.0. The maximum atomic E-state index is 12.2. The van der Waals surface area contributed by atoms with E-state index in [-0.39, 0.29) is 5.97 Å². The van der Waals surface area contributed by atoms with Crippen LogP contribution in [-0.4, -0.2) is 11.6 Å². The molecule has 0 bridgehead atoms. The van der Waals surface area contributed by atoms with Gasteiger partial charge >= 0.3 is 5.97 Å². The molecule has 3 heteroatoms. The maximum absolute atomic E-state index is 12.2. The van der Waals surface area contributed by atoms with E-state index in [9.17, 15) is 4.79 Å². The van der Waals surface area contributed by atoms with Crippen LogP contribution in [-0.2, 0) is 4.74 Å². The topological polar surface area (TPSA) is 52.3 Å². The summed E-state index contributed by atoms with van der Waals surface area (Å²) >= 11 is 0. The Morgan fingerprint density at radius 2 is 1.85 bits per heavy atom. The number of esters is 1. The van der Waals surface area contributed by atoms with Crippen LogP contribution in [0, 0.1) is 5.92 Å².